The van der Waals surface area contributed by atoms with Gasteiger partial charge in [0.2, 0.25) is 0 Å². The largest absolute Gasteiger partial charge is 0.418 e. The Labute approximate surface area is 142 Å². The number of nitrogens with zero attached hydrogens (tertiary/aromatic N) is 2. The van der Waals surface area contributed by atoms with E-state index in [0.717, 1.165) is 22.5 Å². The van der Waals surface area contributed by atoms with Crippen molar-refractivity contribution >= 4 is 46.7 Å². The van der Waals surface area contributed by atoms with E-state index in [1.807, 2.05) is 0 Å². The number of carbonyl (C=O) groups is 1. The Morgan fingerprint density at radius 3 is 2.39 bits per heavy atom. The Kier molecular flexibility index (Phi) is 4.74. The van der Waals surface area contributed by atoms with E-state index >= 15 is 0 Å². The Morgan fingerprint density at radius 1 is 1.35 bits per heavy atom. The molecule has 0 bridgehead atoms. The van der Waals surface area contributed by atoms with Gasteiger partial charge in [-0.2, -0.15) is 18.3 Å². The van der Waals surface area contributed by atoms with E-state index in [-0.39, 0.29) is 26.5 Å². The number of amides is 1. The maximum atomic E-state index is 13.3. The Bertz CT molecular complexity index is 792. The van der Waals surface area contributed by atoms with Gasteiger partial charge in [-0.25, -0.2) is 4.68 Å². The van der Waals surface area contributed by atoms with Gasteiger partial charge < -0.3 is 11.5 Å². The maximum absolute atomic E-state index is 13.3. The topological polar surface area (TPSA) is 86.9 Å². The number of rotatable bonds is 3. The van der Waals surface area contributed by atoms with Crippen molar-refractivity contribution in [3.05, 3.63) is 33.3 Å². The van der Waals surface area contributed by atoms with Crippen molar-refractivity contribution in [2.24, 2.45) is 5.73 Å². The summed E-state index contributed by atoms with van der Waals surface area (Å²) >= 11 is 12.6. The van der Waals surface area contributed by atoms with Gasteiger partial charge in [0.25, 0.3) is 5.91 Å². The molecule has 1 aromatic carbocycles. The Hall–Kier alpha value is -1.58. The number of carbonyl (C=O) groups excluding carboxylic acids is 1. The average molecular weight is 385 g/mol. The van der Waals surface area contributed by atoms with E-state index in [9.17, 15) is 18.0 Å². The summed E-state index contributed by atoms with van der Waals surface area (Å²) in [6.07, 6.45) is -3.18. The number of hydrogen-bond acceptors (Lipinski definition) is 4. The van der Waals surface area contributed by atoms with Crippen LogP contribution in [-0.4, -0.2) is 21.9 Å². The van der Waals surface area contributed by atoms with Gasteiger partial charge >= 0.3 is 6.18 Å². The summed E-state index contributed by atoms with van der Waals surface area (Å²) in [5, 5.41) is 3.49. The second-order valence-corrected chi connectivity index (χ2v) is 5.97. The van der Waals surface area contributed by atoms with Crippen LogP contribution in [0.4, 0.5) is 19.0 Å². The van der Waals surface area contributed by atoms with Crippen LogP contribution in [0, 0.1) is 0 Å². The third-order valence-electron chi connectivity index (χ3n) is 2.87. The zero-order chi connectivity index (χ0) is 17.5. The van der Waals surface area contributed by atoms with Crippen LogP contribution in [0.15, 0.2) is 17.2 Å². The number of thioether (sulfide) groups is 1. The molecule has 0 aliphatic carbocycles. The molecule has 1 heterocycles. The van der Waals surface area contributed by atoms with Gasteiger partial charge in [-0.15, -0.1) is 11.8 Å². The lowest BCUT2D eigenvalue weighted by Crippen LogP contribution is -2.16. The third-order valence-corrected chi connectivity index (χ3v) is 4.05. The summed E-state index contributed by atoms with van der Waals surface area (Å²) in [5.74, 6) is -1.24. The van der Waals surface area contributed by atoms with Crippen molar-refractivity contribution in [3.63, 3.8) is 0 Å². The number of nitrogen functional groups attached to an aromatic ring is 1. The van der Waals surface area contributed by atoms with Gasteiger partial charge in [0.15, 0.2) is 0 Å². The number of primary amides is 1. The molecule has 0 atom stereocenters. The predicted molar refractivity (Wildman–Crippen MR) is 83.3 cm³/mol. The first-order chi connectivity index (χ1) is 10.6. The van der Waals surface area contributed by atoms with Crippen molar-refractivity contribution in [3.8, 4) is 5.69 Å². The fourth-order valence-corrected chi connectivity index (χ4v) is 3.10. The highest BCUT2D eigenvalue weighted by molar-refractivity contribution is 7.98. The Morgan fingerprint density at radius 2 is 1.96 bits per heavy atom. The van der Waals surface area contributed by atoms with Gasteiger partial charge in [0, 0.05) is 5.02 Å². The molecule has 2 aromatic rings. The second-order valence-electron chi connectivity index (χ2n) is 4.33. The number of benzene rings is 1. The molecule has 0 fully saturated rings. The molecule has 23 heavy (non-hydrogen) atoms. The van der Waals surface area contributed by atoms with Crippen molar-refractivity contribution in [1.29, 1.82) is 0 Å². The highest BCUT2D eigenvalue weighted by atomic mass is 35.5. The molecule has 11 heteroatoms. The number of alkyl halides is 3. The first kappa shape index (κ1) is 17.8. The molecule has 0 saturated heterocycles. The predicted octanol–water partition coefficient (Wildman–Crippen LogP) is 3.60. The third kappa shape index (κ3) is 3.22. The summed E-state index contributed by atoms with van der Waals surface area (Å²) in [5.41, 5.74) is 9.14. The first-order valence-corrected chi connectivity index (χ1v) is 7.84. The molecule has 0 radical (unpaired) electrons. The molecule has 1 aromatic heterocycles. The van der Waals surface area contributed by atoms with Crippen molar-refractivity contribution in [1.82, 2.24) is 9.78 Å². The summed E-state index contributed by atoms with van der Waals surface area (Å²) < 4.78 is 40.6. The van der Waals surface area contributed by atoms with Crippen LogP contribution < -0.4 is 11.5 Å². The molecular formula is C12H9Cl2F3N4OS. The molecule has 1 amide bonds. The molecule has 0 spiro atoms. The number of anilines is 1. The fourth-order valence-electron chi connectivity index (χ4n) is 1.95. The lowest BCUT2D eigenvalue weighted by molar-refractivity contribution is -0.137. The van der Waals surface area contributed by atoms with Crippen LogP contribution in [0.2, 0.25) is 10.0 Å². The summed E-state index contributed by atoms with van der Waals surface area (Å²) in [6, 6.07) is 1.82. The van der Waals surface area contributed by atoms with E-state index in [4.69, 9.17) is 34.7 Å². The van der Waals surface area contributed by atoms with Gasteiger partial charge in [-0.3, -0.25) is 4.79 Å². The molecule has 0 saturated carbocycles. The molecular weight excluding hydrogens is 376 g/mol. The fraction of sp³-hybridized carbons (Fsp3) is 0.167. The zero-order valence-electron chi connectivity index (χ0n) is 11.4. The van der Waals surface area contributed by atoms with Crippen LogP contribution >= 0.6 is 35.0 Å². The molecule has 0 unspecified atom stereocenters. The van der Waals surface area contributed by atoms with E-state index in [1.54, 1.807) is 6.26 Å². The highest BCUT2D eigenvalue weighted by Crippen LogP contribution is 2.41. The minimum atomic E-state index is -4.76. The smallest absolute Gasteiger partial charge is 0.383 e. The van der Waals surface area contributed by atoms with Crippen LogP contribution in [0.1, 0.15) is 15.9 Å². The molecule has 0 aliphatic rings. The van der Waals surface area contributed by atoms with E-state index < -0.39 is 23.3 Å². The lowest BCUT2D eigenvalue weighted by atomic mass is 10.1. The van der Waals surface area contributed by atoms with E-state index in [2.05, 4.69) is 5.10 Å². The molecule has 124 valence electrons. The molecule has 0 aliphatic heterocycles. The summed E-state index contributed by atoms with van der Waals surface area (Å²) in [6.45, 7) is 0. The van der Waals surface area contributed by atoms with Crippen molar-refractivity contribution in [2.75, 3.05) is 12.0 Å². The minimum absolute atomic E-state index is 0.0918. The van der Waals surface area contributed by atoms with Crippen molar-refractivity contribution < 1.29 is 18.0 Å². The number of halogens is 5. The quantitative estimate of drug-likeness (QED) is 0.791. The average Bonchev–Trinajstić information content (AvgIpc) is 2.73. The van der Waals surface area contributed by atoms with E-state index in [1.165, 1.54) is 0 Å². The number of aromatic nitrogens is 2. The molecule has 5 nitrogen and oxygen atoms in total. The van der Waals surface area contributed by atoms with Crippen molar-refractivity contribution in [2.45, 2.75) is 11.2 Å². The van der Waals surface area contributed by atoms with Crippen LogP contribution in [0.3, 0.4) is 0 Å². The van der Waals surface area contributed by atoms with E-state index in [0.29, 0.717) is 6.07 Å². The van der Waals surface area contributed by atoms with Crippen LogP contribution in [0.25, 0.3) is 5.69 Å². The monoisotopic (exact) mass is 384 g/mol. The lowest BCUT2D eigenvalue weighted by Gasteiger charge is -2.16. The SMILES string of the molecule is CSc1nn(-c2c(Cl)cc(Cl)cc2C(F)(F)F)c(N)c1C(N)=O. The molecule has 2 rings (SSSR count). The number of nitrogens with two attached hydrogens (primary N) is 2. The van der Waals surface area contributed by atoms with Crippen LogP contribution in [-0.2, 0) is 6.18 Å². The van der Waals surface area contributed by atoms with Gasteiger partial charge in [0.1, 0.15) is 16.4 Å². The molecule has 4 N–H and O–H groups in total. The minimum Gasteiger partial charge on any atom is -0.383 e. The summed E-state index contributed by atoms with van der Waals surface area (Å²) in [7, 11) is 0. The zero-order valence-corrected chi connectivity index (χ0v) is 13.7. The maximum Gasteiger partial charge on any atom is 0.418 e. The normalized spacial score (nSPS) is 11.7. The second kappa shape index (κ2) is 6.14. The first-order valence-electron chi connectivity index (χ1n) is 5.86. The van der Waals surface area contributed by atoms with Gasteiger partial charge in [0.05, 0.1) is 16.3 Å². The Balaban J connectivity index is 2.85. The summed E-state index contributed by atoms with van der Waals surface area (Å²) in [4.78, 5) is 11.5. The number of hydrogen-bond donors (Lipinski definition) is 2. The van der Waals surface area contributed by atoms with Gasteiger partial charge in [-0.1, -0.05) is 23.2 Å². The standard InChI is InChI=1S/C12H9Cl2F3N4OS/c1-23-11-7(10(19)22)9(18)21(20-11)8-5(12(15,16)17)2-4(13)3-6(8)14/h2-3H,18H2,1H3,(H2,19,22). The van der Waals surface area contributed by atoms with Gasteiger partial charge in [-0.05, 0) is 18.4 Å². The highest BCUT2D eigenvalue weighted by Gasteiger charge is 2.37. The van der Waals surface area contributed by atoms with Crippen LogP contribution in [0.5, 0.6) is 0 Å².